The van der Waals surface area contributed by atoms with Crippen molar-refractivity contribution in [2.45, 2.75) is 11.3 Å². The lowest BCUT2D eigenvalue weighted by molar-refractivity contribution is 0.373. The fraction of sp³-hybridized carbons (Fsp3) is 0.474. The van der Waals surface area contributed by atoms with Crippen LogP contribution in [-0.4, -0.2) is 70.1 Å². The molecular weight excluding hydrogens is 378 g/mol. The summed E-state index contributed by atoms with van der Waals surface area (Å²) in [5.74, 6) is 1.60. The van der Waals surface area contributed by atoms with Crippen molar-refractivity contribution in [1.82, 2.24) is 19.6 Å². The molecule has 2 aromatic rings. The molecule has 1 aliphatic heterocycles. The molecule has 1 fully saturated rings. The Bertz CT molecular complexity index is 887. The largest absolute Gasteiger partial charge is 0.497 e. The van der Waals surface area contributed by atoms with E-state index in [0.29, 0.717) is 31.8 Å². The first-order chi connectivity index (χ1) is 13.4. The summed E-state index contributed by atoms with van der Waals surface area (Å²) < 4.78 is 32.9. The molecule has 9 heteroatoms. The van der Waals surface area contributed by atoms with Crippen LogP contribution in [-0.2, 0) is 16.4 Å². The lowest BCUT2D eigenvalue weighted by Gasteiger charge is -2.23. The standard InChI is InChI=1S/C19H27N5O3S/c1-23(2)19-11-16(21-14-22-19)10-15-12-20-8-9-24(13-15)28(25,26)18-6-4-17(27-3)5-7-18/h4-7,11,14-15,20H,8-10,12-13H2,1-3H3. The van der Waals surface area contributed by atoms with E-state index in [1.165, 1.54) is 0 Å². The smallest absolute Gasteiger partial charge is 0.243 e. The van der Waals surface area contributed by atoms with E-state index in [1.54, 1.807) is 42.0 Å². The fourth-order valence-electron chi connectivity index (χ4n) is 3.24. The number of nitrogens with zero attached hydrogens (tertiary/aromatic N) is 4. The number of nitrogens with one attached hydrogen (secondary N) is 1. The van der Waals surface area contributed by atoms with Gasteiger partial charge in [-0.15, -0.1) is 0 Å². The van der Waals surface area contributed by atoms with Crippen molar-refractivity contribution in [3.8, 4) is 5.75 Å². The van der Waals surface area contributed by atoms with Crippen LogP contribution in [0.3, 0.4) is 0 Å². The second-order valence-electron chi connectivity index (χ2n) is 7.07. The third-order valence-electron chi connectivity index (χ3n) is 4.80. The first kappa shape index (κ1) is 20.5. The Morgan fingerprint density at radius 1 is 1.25 bits per heavy atom. The average molecular weight is 406 g/mol. The predicted octanol–water partition coefficient (Wildman–Crippen LogP) is 1.00. The molecule has 0 spiro atoms. The van der Waals surface area contributed by atoms with Crippen LogP contribution in [0.4, 0.5) is 5.82 Å². The topological polar surface area (TPSA) is 87.7 Å². The van der Waals surface area contributed by atoms with Crippen molar-refractivity contribution in [3.63, 3.8) is 0 Å². The minimum absolute atomic E-state index is 0.125. The number of sulfonamides is 1. The number of anilines is 1. The van der Waals surface area contributed by atoms with Gasteiger partial charge in [0.2, 0.25) is 10.0 Å². The summed E-state index contributed by atoms with van der Waals surface area (Å²) in [6.07, 6.45) is 2.24. The molecule has 1 N–H and O–H groups in total. The quantitative estimate of drug-likeness (QED) is 0.767. The summed E-state index contributed by atoms with van der Waals surface area (Å²) in [4.78, 5) is 10.8. The van der Waals surface area contributed by atoms with Crippen molar-refractivity contribution in [3.05, 3.63) is 42.4 Å². The third kappa shape index (κ3) is 4.78. The molecule has 1 unspecified atom stereocenters. The zero-order valence-corrected chi connectivity index (χ0v) is 17.3. The Balaban J connectivity index is 1.76. The number of ether oxygens (including phenoxy) is 1. The molecule has 28 heavy (non-hydrogen) atoms. The summed E-state index contributed by atoms with van der Waals surface area (Å²) in [6.45, 7) is 2.26. The van der Waals surface area contributed by atoms with Crippen molar-refractivity contribution >= 4 is 15.8 Å². The molecule has 152 valence electrons. The van der Waals surface area contributed by atoms with Crippen molar-refractivity contribution in [1.29, 1.82) is 0 Å². The Kier molecular flexibility index (Phi) is 6.48. The van der Waals surface area contributed by atoms with E-state index in [2.05, 4.69) is 15.3 Å². The Morgan fingerprint density at radius 2 is 2.00 bits per heavy atom. The molecule has 0 bridgehead atoms. The van der Waals surface area contributed by atoms with Crippen LogP contribution in [0.25, 0.3) is 0 Å². The van der Waals surface area contributed by atoms with Gasteiger partial charge in [-0.25, -0.2) is 18.4 Å². The van der Waals surface area contributed by atoms with Crippen LogP contribution in [0.15, 0.2) is 41.6 Å². The molecule has 1 aliphatic rings. The maximum atomic E-state index is 13.1. The van der Waals surface area contributed by atoms with E-state index in [4.69, 9.17) is 4.74 Å². The van der Waals surface area contributed by atoms with Crippen LogP contribution in [0.1, 0.15) is 5.69 Å². The molecule has 1 aromatic heterocycles. The van der Waals surface area contributed by atoms with E-state index in [1.807, 2.05) is 25.1 Å². The highest BCUT2D eigenvalue weighted by atomic mass is 32.2. The number of rotatable bonds is 6. The third-order valence-corrected chi connectivity index (χ3v) is 6.67. The van der Waals surface area contributed by atoms with Crippen LogP contribution >= 0.6 is 0 Å². The molecule has 1 atom stereocenters. The fourth-order valence-corrected chi connectivity index (χ4v) is 4.76. The van der Waals surface area contributed by atoms with Gasteiger partial charge in [0.1, 0.15) is 17.9 Å². The molecule has 0 radical (unpaired) electrons. The monoisotopic (exact) mass is 405 g/mol. The van der Waals surface area contributed by atoms with Crippen LogP contribution in [0.2, 0.25) is 0 Å². The lowest BCUT2D eigenvalue weighted by atomic mass is 10.0. The maximum absolute atomic E-state index is 13.1. The second-order valence-corrected chi connectivity index (χ2v) is 9.01. The highest BCUT2D eigenvalue weighted by Crippen LogP contribution is 2.22. The zero-order chi connectivity index (χ0) is 20.1. The minimum atomic E-state index is -3.56. The zero-order valence-electron chi connectivity index (χ0n) is 16.5. The van der Waals surface area contributed by atoms with Gasteiger partial charge in [0.25, 0.3) is 0 Å². The van der Waals surface area contributed by atoms with Gasteiger partial charge in [-0.2, -0.15) is 4.31 Å². The Hall–Kier alpha value is -2.23. The minimum Gasteiger partial charge on any atom is -0.497 e. The van der Waals surface area contributed by atoms with E-state index in [0.717, 1.165) is 18.1 Å². The van der Waals surface area contributed by atoms with Crippen LogP contribution in [0.5, 0.6) is 5.75 Å². The number of hydrogen-bond donors (Lipinski definition) is 1. The van der Waals surface area contributed by atoms with Crippen molar-refractivity contribution < 1.29 is 13.2 Å². The number of hydrogen-bond acceptors (Lipinski definition) is 7. The van der Waals surface area contributed by atoms with Crippen molar-refractivity contribution in [2.24, 2.45) is 5.92 Å². The van der Waals surface area contributed by atoms with Gasteiger partial charge in [0.15, 0.2) is 0 Å². The Labute approximate surface area is 166 Å². The summed E-state index contributed by atoms with van der Waals surface area (Å²) >= 11 is 0. The first-order valence-electron chi connectivity index (χ1n) is 9.23. The van der Waals surface area contributed by atoms with E-state index < -0.39 is 10.0 Å². The summed E-state index contributed by atoms with van der Waals surface area (Å²) in [5, 5.41) is 3.35. The van der Waals surface area contributed by atoms with Crippen LogP contribution < -0.4 is 15.0 Å². The van der Waals surface area contributed by atoms with Crippen molar-refractivity contribution in [2.75, 3.05) is 52.3 Å². The highest BCUT2D eigenvalue weighted by Gasteiger charge is 2.29. The summed E-state index contributed by atoms with van der Waals surface area (Å²) in [6, 6.07) is 8.48. The molecule has 1 aromatic carbocycles. The lowest BCUT2D eigenvalue weighted by Crippen LogP contribution is -2.36. The SMILES string of the molecule is COc1ccc(S(=O)(=O)N2CCNCC(Cc3cc(N(C)C)ncn3)C2)cc1. The molecular formula is C19H27N5O3S. The van der Waals surface area contributed by atoms with Gasteiger partial charge >= 0.3 is 0 Å². The molecule has 8 nitrogen and oxygen atoms in total. The number of methoxy groups -OCH3 is 1. The summed E-state index contributed by atoms with van der Waals surface area (Å²) in [5.41, 5.74) is 0.911. The molecule has 0 amide bonds. The predicted molar refractivity (Wildman–Crippen MR) is 108 cm³/mol. The molecule has 0 aliphatic carbocycles. The van der Waals surface area contributed by atoms with Gasteiger partial charge in [-0.05, 0) is 43.1 Å². The molecule has 3 rings (SSSR count). The van der Waals surface area contributed by atoms with Crippen LogP contribution in [0, 0.1) is 5.92 Å². The summed E-state index contributed by atoms with van der Waals surface area (Å²) in [7, 11) is 1.86. The average Bonchev–Trinajstić information content (AvgIpc) is 2.94. The normalized spacial score (nSPS) is 18.5. The Morgan fingerprint density at radius 3 is 2.68 bits per heavy atom. The second kappa shape index (κ2) is 8.85. The molecule has 0 saturated carbocycles. The molecule has 1 saturated heterocycles. The van der Waals surface area contributed by atoms with E-state index in [9.17, 15) is 8.42 Å². The van der Waals surface area contributed by atoms with E-state index >= 15 is 0 Å². The van der Waals surface area contributed by atoms with Gasteiger partial charge in [0, 0.05) is 45.5 Å². The van der Waals surface area contributed by atoms with Gasteiger partial charge in [-0.1, -0.05) is 0 Å². The highest BCUT2D eigenvalue weighted by molar-refractivity contribution is 7.89. The van der Waals surface area contributed by atoms with Gasteiger partial charge in [-0.3, -0.25) is 0 Å². The van der Waals surface area contributed by atoms with Gasteiger partial charge in [0.05, 0.1) is 12.0 Å². The number of benzene rings is 1. The first-order valence-corrected chi connectivity index (χ1v) is 10.7. The van der Waals surface area contributed by atoms with E-state index in [-0.39, 0.29) is 10.8 Å². The molecule has 2 heterocycles. The number of aromatic nitrogens is 2. The maximum Gasteiger partial charge on any atom is 0.243 e. The van der Waals surface area contributed by atoms with Gasteiger partial charge < -0.3 is 15.0 Å².